The molecule has 2 aliphatic heterocycles. The smallest absolute Gasteiger partial charge is 0.246 e. The van der Waals surface area contributed by atoms with Gasteiger partial charge in [0.15, 0.2) is 9.84 Å². The number of sulfonamides is 1. The van der Waals surface area contributed by atoms with E-state index in [0.717, 1.165) is 11.1 Å². The molecule has 0 radical (unpaired) electrons. The van der Waals surface area contributed by atoms with Crippen LogP contribution in [0, 0.1) is 6.92 Å². The van der Waals surface area contributed by atoms with Gasteiger partial charge >= 0.3 is 0 Å². The lowest BCUT2D eigenvalue weighted by molar-refractivity contribution is -0.127. The molecule has 28 heavy (non-hydrogen) atoms. The number of nitrogens with zero attached hydrogens (tertiary/aromatic N) is 2. The summed E-state index contributed by atoms with van der Waals surface area (Å²) in [6.07, 6.45) is 3.28. The van der Waals surface area contributed by atoms with Crippen molar-refractivity contribution in [2.75, 3.05) is 37.7 Å². The van der Waals surface area contributed by atoms with Crippen LogP contribution in [-0.4, -0.2) is 74.9 Å². The van der Waals surface area contributed by atoms with E-state index in [4.69, 9.17) is 11.6 Å². The number of piperazine rings is 1. The number of carbonyl (C=O) groups is 1. The number of sulfone groups is 1. The third-order valence-corrected chi connectivity index (χ3v) is 9.85. The van der Waals surface area contributed by atoms with Crippen LogP contribution in [-0.2, 0) is 24.7 Å². The summed E-state index contributed by atoms with van der Waals surface area (Å²) in [6.45, 7) is 2.80. The Labute approximate surface area is 170 Å². The number of benzene rings is 1. The van der Waals surface area contributed by atoms with E-state index in [9.17, 15) is 21.6 Å². The molecule has 0 spiro atoms. The molecule has 1 amide bonds. The molecule has 0 aliphatic carbocycles. The molecule has 2 aliphatic rings. The van der Waals surface area contributed by atoms with Gasteiger partial charge in [-0.15, -0.1) is 0 Å². The van der Waals surface area contributed by atoms with Crippen molar-refractivity contribution in [2.24, 2.45) is 0 Å². The van der Waals surface area contributed by atoms with Gasteiger partial charge in [-0.2, -0.15) is 4.31 Å². The lowest BCUT2D eigenvalue weighted by atomic mass is 10.1. The Kier molecular flexibility index (Phi) is 6.19. The second-order valence-corrected chi connectivity index (χ2v) is 12.0. The highest BCUT2D eigenvalue weighted by molar-refractivity contribution is 7.95. The van der Waals surface area contributed by atoms with Crippen LogP contribution in [0.1, 0.15) is 17.5 Å². The third kappa shape index (κ3) is 4.76. The lowest BCUT2D eigenvalue weighted by Gasteiger charge is -2.34. The van der Waals surface area contributed by atoms with E-state index in [0.29, 0.717) is 5.02 Å². The zero-order chi connectivity index (χ0) is 20.5. The zero-order valence-corrected chi connectivity index (χ0v) is 17.9. The topological polar surface area (TPSA) is 91.8 Å². The summed E-state index contributed by atoms with van der Waals surface area (Å²) in [7, 11) is -6.93. The average molecular weight is 447 g/mol. The van der Waals surface area contributed by atoms with Gasteiger partial charge in [-0.25, -0.2) is 16.8 Å². The predicted octanol–water partition coefficient (Wildman–Crippen LogP) is 1.32. The van der Waals surface area contributed by atoms with E-state index in [2.05, 4.69) is 0 Å². The second kappa shape index (κ2) is 8.14. The fourth-order valence-corrected chi connectivity index (χ4v) is 8.06. The number of aryl methyl sites for hydroxylation is 1. The van der Waals surface area contributed by atoms with Crippen LogP contribution in [0.2, 0.25) is 5.02 Å². The van der Waals surface area contributed by atoms with Gasteiger partial charge in [0.25, 0.3) is 0 Å². The van der Waals surface area contributed by atoms with Crippen LogP contribution in [0.15, 0.2) is 24.3 Å². The van der Waals surface area contributed by atoms with Crippen molar-refractivity contribution in [1.82, 2.24) is 9.21 Å². The van der Waals surface area contributed by atoms with Crippen LogP contribution >= 0.6 is 11.6 Å². The number of hydrogen-bond acceptors (Lipinski definition) is 5. The van der Waals surface area contributed by atoms with E-state index in [-0.39, 0.29) is 50.0 Å². The van der Waals surface area contributed by atoms with Gasteiger partial charge in [-0.3, -0.25) is 4.79 Å². The van der Waals surface area contributed by atoms with Crippen LogP contribution in [0.5, 0.6) is 0 Å². The van der Waals surface area contributed by atoms with Crippen molar-refractivity contribution in [3.05, 3.63) is 40.4 Å². The van der Waals surface area contributed by atoms with Crippen molar-refractivity contribution in [1.29, 1.82) is 0 Å². The minimum Gasteiger partial charge on any atom is -0.337 e. The highest BCUT2D eigenvalue weighted by atomic mass is 35.5. The first-order chi connectivity index (χ1) is 13.1. The molecule has 1 aromatic carbocycles. The van der Waals surface area contributed by atoms with E-state index in [1.54, 1.807) is 17.0 Å². The molecule has 0 saturated carbocycles. The number of rotatable bonds is 4. The maximum absolute atomic E-state index is 12.7. The first-order valence-corrected chi connectivity index (χ1v) is 12.7. The molecule has 1 atom stereocenters. The minimum absolute atomic E-state index is 0.0802. The van der Waals surface area contributed by atoms with Gasteiger partial charge in [-0.05, 0) is 36.6 Å². The summed E-state index contributed by atoms with van der Waals surface area (Å²) >= 11 is 6.08. The summed E-state index contributed by atoms with van der Waals surface area (Å²) < 4.78 is 49.8. The maximum atomic E-state index is 12.7. The average Bonchev–Trinajstić information content (AvgIpc) is 3.03. The Morgan fingerprint density at radius 1 is 1.21 bits per heavy atom. The maximum Gasteiger partial charge on any atom is 0.246 e. The number of carbonyl (C=O) groups excluding carboxylic acids is 1. The van der Waals surface area contributed by atoms with Crippen molar-refractivity contribution < 1.29 is 21.6 Å². The van der Waals surface area contributed by atoms with E-state index >= 15 is 0 Å². The number of amides is 1. The molecule has 0 bridgehead atoms. The summed E-state index contributed by atoms with van der Waals surface area (Å²) in [5.41, 5.74) is 1.77. The van der Waals surface area contributed by atoms with Crippen LogP contribution < -0.4 is 0 Å². The number of halogens is 1. The molecule has 2 saturated heterocycles. The van der Waals surface area contributed by atoms with E-state index < -0.39 is 25.1 Å². The molecule has 10 heteroatoms. The van der Waals surface area contributed by atoms with Crippen molar-refractivity contribution in [3.63, 3.8) is 0 Å². The fraction of sp³-hybridized carbons (Fsp3) is 0.500. The summed E-state index contributed by atoms with van der Waals surface area (Å²) in [4.78, 5) is 14.0. The van der Waals surface area contributed by atoms with E-state index in [1.807, 2.05) is 19.1 Å². The molecular weight excluding hydrogens is 424 g/mol. The largest absolute Gasteiger partial charge is 0.337 e. The first-order valence-electron chi connectivity index (χ1n) is 9.01. The third-order valence-electron chi connectivity index (χ3n) is 5.14. The van der Waals surface area contributed by atoms with Crippen molar-refractivity contribution >= 4 is 43.4 Å². The first kappa shape index (κ1) is 21.3. The van der Waals surface area contributed by atoms with Gasteiger partial charge in [0.1, 0.15) is 0 Å². The molecule has 2 heterocycles. The molecule has 3 rings (SSSR count). The zero-order valence-electron chi connectivity index (χ0n) is 15.5. The minimum atomic E-state index is -3.66. The highest BCUT2D eigenvalue weighted by Crippen LogP contribution is 2.23. The quantitative estimate of drug-likeness (QED) is 0.650. The summed E-state index contributed by atoms with van der Waals surface area (Å²) in [5.74, 6) is -0.586. The molecule has 154 valence electrons. The van der Waals surface area contributed by atoms with Gasteiger partial charge in [0.2, 0.25) is 15.9 Å². The Morgan fingerprint density at radius 2 is 1.89 bits per heavy atom. The van der Waals surface area contributed by atoms with Crippen molar-refractivity contribution in [2.45, 2.75) is 18.6 Å². The molecule has 1 unspecified atom stereocenters. The Hall–Kier alpha value is -1.42. The van der Waals surface area contributed by atoms with Gasteiger partial charge in [0.05, 0.1) is 16.8 Å². The number of hydrogen-bond donors (Lipinski definition) is 0. The molecule has 0 aromatic heterocycles. The molecule has 7 nitrogen and oxygen atoms in total. The lowest BCUT2D eigenvalue weighted by Crippen LogP contribution is -2.52. The predicted molar refractivity (Wildman–Crippen MR) is 109 cm³/mol. The molecular formula is C18H23ClN2O5S2. The monoisotopic (exact) mass is 446 g/mol. The van der Waals surface area contributed by atoms with Crippen LogP contribution in [0.3, 0.4) is 0 Å². The molecule has 0 N–H and O–H groups in total. The highest BCUT2D eigenvalue weighted by Gasteiger charge is 2.41. The molecule has 1 aromatic rings. The van der Waals surface area contributed by atoms with E-state index in [1.165, 1.54) is 10.4 Å². The Balaban J connectivity index is 1.58. The summed E-state index contributed by atoms with van der Waals surface area (Å²) in [5, 5.41) is -0.242. The summed E-state index contributed by atoms with van der Waals surface area (Å²) in [6, 6.07) is 5.52. The van der Waals surface area contributed by atoms with Gasteiger partial charge in [-0.1, -0.05) is 23.7 Å². The van der Waals surface area contributed by atoms with Crippen molar-refractivity contribution in [3.8, 4) is 0 Å². The molecule has 2 fully saturated rings. The fourth-order valence-electron chi connectivity index (χ4n) is 3.36. The van der Waals surface area contributed by atoms with Gasteiger partial charge in [0, 0.05) is 37.3 Å². The Morgan fingerprint density at radius 3 is 2.46 bits per heavy atom. The standard InChI is InChI=1S/C18H23ClN2O5S2/c1-14-2-3-15(12-17(14)19)4-5-18(22)20-7-9-21(10-8-20)28(25,26)16-6-11-27(23,24)13-16/h2-5,12,16H,6-11,13H2,1H3/b5-4+. The SMILES string of the molecule is Cc1ccc(/C=C/C(=O)N2CCN(S(=O)(=O)C3CCS(=O)(=O)C3)CC2)cc1Cl. The van der Waals surface area contributed by atoms with Gasteiger partial charge < -0.3 is 4.90 Å². The van der Waals surface area contributed by atoms with Crippen LogP contribution in [0.25, 0.3) is 6.08 Å². The second-order valence-electron chi connectivity index (χ2n) is 7.14. The Bertz CT molecular complexity index is 997. The van der Waals surface area contributed by atoms with Crippen LogP contribution in [0.4, 0.5) is 0 Å². The normalized spacial score (nSPS) is 23.4.